The lowest BCUT2D eigenvalue weighted by molar-refractivity contribution is 0.0305. The highest BCUT2D eigenvalue weighted by Gasteiger charge is 2.25. The summed E-state index contributed by atoms with van der Waals surface area (Å²) in [7, 11) is -3.38. The van der Waals surface area contributed by atoms with Crippen molar-refractivity contribution in [3.05, 3.63) is 18.5 Å². The Morgan fingerprint density at radius 1 is 1.47 bits per heavy atom. The fourth-order valence-corrected chi connectivity index (χ4v) is 3.56. The van der Waals surface area contributed by atoms with Crippen LogP contribution in [0.5, 0.6) is 0 Å². The van der Waals surface area contributed by atoms with E-state index in [-0.39, 0.29) is 22.4 Å². The van der Waals surface area contributed by atoms with Gasteiger partial charge >= 0.3 is 0 Å². The maximum Gasteiger partial charge on any atom is 0.183 e. The van der Waals surface area contributed by atoms with Crippen LogP contribution < -0.4 is 5.73 Å². The van der Waals surface area contributed by atoms with E-state index in [9.17, 15) is 8.42 Å². The molecule has 94 valence electrons. The van der Waals surface area contributed by atoms with Gasteiger partial charge in [0, 0.05) is 12.8 Å². The molecule has 1 aromatic heterocycles. The van der Waals surface area contributed by atoms with Crippen LogP contribution in [-0.4, -0.2) is 31.9 Å². The van der Waals surface area contributed by atoms with Crippen LogP contribution in [0.25, 0.3) is 0 Å². The molecule has 0 aromatic carbocycles. The maximum atomic E-state index is 12.1. The van der Waals surface area contributed by atoms with Crippen LogP contribution in [0.2, 0.25) is 0 Å². The zero-order valence-corrected chi connectivity index (χ0v) is 10.3. The summed E-state index contributed by atoms with van der Waals surface area (Å²) in [6.45, 7) is 0.645. The lowest BCUT2D eigenvalue weighted by atomic mass is 10.1. The number of sulfone groups is 1. The first kappa shape index (κ1) is 12.3. The lowest BCUT2D eigenvalue weighted by Gasteiger charge is -2.22. The number of anilines is 1. The summed E-state index contributed by atoms with van der Waals surface area (Å²) >= 11 is 0. The van der Waals surface area contributed by atoms with Crippen LogP contribution in [0.15, 0.2) is 23.4 Å². The number of ether oxygens (including phenoxy) is 1. The molecule has 0 spiro atoms. The minimum absolute atomic E-state index is 0.00120. The second-order valence-corrected chi connectivity index (χ2v) is 6.19. The minimum atomic E-state index is -3.38. The standard InChI is InChI=1S/C11H16N2O3S/c12-10-7-13-5-4-11(10)17(14,15)8-9-3-1-2-6-16-9/h4-5,7,9H,1-3,6,8,12H2. The normalized spacial score (nSPS) is 21.3. The molecule has 2 N–H and O–H groups in total. The summed E-state index contributed by atoms with van der Waals surface area (Å²) in [4.78, 5) is 3.94. The number of nitrogens with two attached hydrogens (primary N) is 1. The van der Waals surface area contributed by atoms with E-state index < -0.39 is 9.84 Å². The molecule has 1 atom stereocenters. The van der Waals surface area contributed by atoms with Gasteiger partial charge in [0.15, 0.2) is 9.84 Å². The summed E-state index contributed by atoms with van der Waals surface area (Å²) in [5, 5.41) is 0. The Balaban J connectivity index is 2.16. The van der Waals surface area contributed by atoms with E-state index in [0.29, 0.717) is 6.61 Å². The Bertz CT molecular complexity index is 481. The number of hydrogen-bond acceptors (Lipinski definition) is 5. The zero-order valence-electron chi connectivity index (χ0n) is 9.50. The molecule has 2 heterocycles. The van der Waals surface area contributed by atoms with Crippen LogP contribution in [0, 0.1) is 0 Å². The van der Waals surface area contributed by atoms with E-state index in [2.05, 4.69) is 4.98 Å². The summed E-state index contributed by atoms with van der Waals surface area (Å²) in [6.07, 6.45) is 5.41. The van der Waals surface area contributed by atoms with Crippen LogP contribution in [0.3, 0.4) is 0 Å². The first-order valence-electron chi connectivity index (χ1n) is 5.63. The van der Waals surface area contributed by atoms with Crippen molar-refractivity contribution in [2.24, 2.45) is 0 Å². The van der Waals surface area contributed by atoms with Gasteiger partial charge in [-0.1, -0.05) is 0 Å². The monoisotopic (exact) mass is 256 g/mol. The van der Waals surface area contributed by atoms with E-state index in [1.54, 1.807) is 0 Å². The number of nitrogen functional groups attached to an aromatic ring is 1. The minimum Gasteiger partial charge on any atom is -0.396 e. The number of hydrogen-bond donors (Lipinski definition) is 1. The Labute approximate surface area is 101 Å². The Kier molecular flexibility index (Phi) is 3.63. The molecule has 17 heavy (non-hydrogen) atoms. The highest BCUT2D eigenvalue weighted by atomic mass is 32.2. The van der Waals surface area contributed by atoms with Gasteiger partial charge in [0.25, 0.3) is 0 Å². The summed E-state index contributed by atoms with van der Waals surface area (Å²) in [5.41, 5.74) is 5.83. The molecule has 1 aliphatic rings. The fraction of sp³-hybridized carbons (Fsp3) is 0.545. The predicted molar refractivity (Wildman–Crippen MR) is 64.3 cm³/mol. The van der Waals surface area contributed by atoms with Gasteiger partial charge in [-0.15, -0.1) is 0 Å². The molecule has 0 bridgehead atoms. The van der Waals surface area contributed by atoms with Crippen LogP contribution in [0.4, 0.5) is 5.69 Å². The molecule has 0 aliphatic carbocycles. The van der Waals surface area contributed by atoms with Gasteiger partial charge in [0.2, 0.25) is 0 Å². The van der Waals surface area contributed by atoms with Crippen LogP contribution >= 0.6 is 0 Å². The van der Waals surface area contributed by atoms with Crippen molar-refractivity contribution in [3.8, 4) is 0 Å². The highest BCUT2D eigenvalue weighted by Crippen LogP contribution is 2.22. The van der Waals surface area contributed by atoms with Crippen LogP contribution in [0.1, 0.15) is 19.3 Å². The van der Waals surface area contributed by atoms with Crippen molar-refractivity contribution < 1.29 is 13.2 Å². The second-order valence-electron chi connectivity index (χ2n) is 4.18. The van der Waals surface area contributed by atoms with E-state index >= 15 is 0 Å². The van der Waals surface area contributed by atoms with Crippen LogP contribution in [-0.2, 0) is 14.6 Å². The zero-order chi connectivity index (χ0) is 12.3. The predicted octanol–water partition coefficient (Wildman–Crippen LogP) is 1.01. The van der Waals surface area contributed by atoms with Crippen molar-refractivity contribution in [3.63, 3.8) is 0 Å². The third-order valence-electron chi connectivity index (χ3n) is 2.82. The number of aromatic nitrogens is 1. The molecule has 0 amide bonds. The molecular weight excluding hydrogens is 240 g/mol. The van der Waals surface area contributed by atoms with Crippen molar-refractivity contribution in [2.75, 3.05) is 18.1 Å². The highest BCUT2D eigenvalue weighted by molar-refractivity contribution is 7.91. The maximum absolute atomic E-state index is 12.1. The van der Waals surface area contributed by atoms with Crippen molar-refractivity contribution in [1.82, 2.24) is 4.98 Å². The number of nitrogens with zero attached hydrogens (tertiary/aromatic N) is 1. The van der Waals surface area contributed by atoms with E-state index in [4.69, 9.17) is 10.5 Å². The van der Waals surface area contributed by atoms with Gasteiger partial charge in [0.1, 0.15) is 0 Å². The largest absolute Gasteiger partial charge is 0.396 e. The molecule has 1 aromatic rings. The molecule has 0 radical (unpaired) electrons. The molecule has 0 saturated carbocycles. The summed E-state index contributed by atoms with van der Waals surface area (Å²) in [5.74, 6) is 0.00120. The fourth-order valence-electron chi connectivity index (χ4n) is 1.95. The van der Waals surface area contributed by atoms with Gasteiger partial charge in [-0.25, -0.2) is 8.42 Å². The van der Waals surface area contributed by atoms with Gasteiger partial charge in [-0.2, -0.15) is 0 Å². The average molecular weight is 256 g/mol. The quantitative estimate of drug-likeness (QED) is 0.872. The Morgan fingerprint density at radius 2 is 2.29 bits per heavy atom. The van der Waals surface area contributed by atoms with Gasteiger partial charge in [-0.05, 0) is 25.3 Å². The second kappa shape index (κ2) is 5.01. The van der Waals surface area contributed by atoms with E-state index in [0.717, 1.165) is 19.3 Å². The topological polar surface area (TPSA) is 82.3 Å². The van der Waals surface area contributed by atoms with E-state index in [1.807, 2.05) is 0 Å². The third-order valence-corrected chi connectivity index (χ3v) is 4.68. The smallest absolute Gasteiger partial charge is 0.183 e. The van der Waals surface area contributed by atoms with Gasteiger partial charge in [-0.3, -0.25) is 4.98 Å². The van der Waals surface area contributed by atoms with Crippen molar-refractivity contribution in [1.29, 1.82) is 0 Å². The molecule has 1 unspecified atom stereocenters. The van der Waals surface area contributed by atoms with Gasteiger partial charge in [0.05, 0.1) is 28.6 Å². The number of rotatable bonds is 3. The lowest BCUT2D eigenvalue weighted by Crippen LogP contribution is -2.28. The molecule has 1 aliphatic heterocycles. The molecule has 5 nitrogen and oxygen atoms in total. The Hall–Kier alpha value is -1.14. The van der Waals surface area contributed by atoms with E-state index in [1.165, 1.54) is 18.5 Å². The van der Waals surface area contributed by atoms with Gasteiger partial charge < -0.3 is 10.5 Å². The Morgan fingerprint density at radius 3 is 2.94 bits per heavy atom. The molecule has 1 fully saturated rings. The summed E-state index contributed by atoms with van der Waals surface area (Å²) in [6, 6.07) is 1.44. The first-order valence-corrected chi connectivity index (χ1v) is 7.29. The molecule has 6 heteroatoms. The SMILES string of the molecule is Nc1cnccc1S(=O)(=O)CC1CCCCO1. The molecule has 2 rings (SSSR count). The summed E-state index contributed by atoms with van der Waals surface area (Å²) < 4.78 is 29.7. The van der Waals surface area contributed by atoms with Crippen molar-refractivity contribution in [2.45, 2.75) is 30.3 Å². The first-order chi connectivity index (χ1) is 8.09. The molecule has 1 saturated heterocycles. The average Bonchev–Trinajstić information content (AvgIpc) is 2.30. The molecular formula is C11H16N2O3S. The van der Waals surface area contributed by atoms with Crippen molar-refractivity contribution >= 4 is 15.5 Å². The number of pyridine rings is 1. The third kappa shape index (κ3) is 2.95.